The molecule has 0 aromatic carbocycles. The third-order valence-corrected chi connectivity index (χ3v) is 2.41. The lowest BCUT2D eigenvalue weighted by Crippen LogP contribution is -2.09. The van der Waals surface area contributed by atoms with Crippen LogP contribution in [0.1, 0.15) is 10.6 Å². The number of carbonyl (C=O) groups excluding carboxylic acids is 1. The van der Waals surface area contributed by atoms with Crippen molar-refractivity contribution in [2.75, 3.05) is 0 Å². The van der Waals surface area contributed by atoms with E-state index in [0.29, 0.717) is 0 Å². The number of nitrogens with two attached hydrogens (primary N) is 1. The maximum Gasteiger partial charge on any atom is 0.284 e. The molecule has 1 heterocycles. The van der Waals surface area contributed by atoms with E-state index in [1.54, 1.807) is 0 Å². The molecule has 0 spiro atoms. The van der Waals surface area contributed by atoms with Gasteiger partial charge in [-0.2, -0.15) is 0 Å². The fourth-order valence-electron chi connectivity index (χ4n) is 0.576. The molecule has 0 saturated heterocycles. The molecule has 1 aromatic rings. The van der Waals surface area contributed by atoms with Crippen LogP contribution in [0.25, 0.3) is 0 Å². The zero-order valence-electron chi connectivity index (χ0n) is 5.65. The van der Waals surface area contributed by atoms with Crippen molar-refractivity contribution >= 4 is 25.6 Å². The molecule has 0 aliphatic heterocycles. The van der Waals surface area contributed by atoms with E-state index in [0.717, 1.165) is 12.3 Å². The fourth-order valence-corrected chi connectivity index (χ4v) is 1.23. The molecule has 0 aliphatic carbocycles. The summed E-state index contributed by atoms with van der Waals surface area (Å²) in [5.41, 5.74) is 4.80. The molecule has 1 rings (SSSR count). The van der Waals surface area contributed by atoms with E-state index in [9.17, 15) is 13.2 Å². The molecular formula is C5H4ClNO4S. The molecule has 12 heavy (non-hydrogen) atoms. The van der Waals surface area contributed by atoms with Gasteiger partial charge in [0.1, 0.15) is 11.2 Å². The van der Waals surface area contributed by atoms with Crippen molar-refractivity contribution in [3.63, 3.8) is 0 Å². The molecule has 0 saturated carbocycles. The van der Waals surface area contributed by atoms with Crippen molar-refractivity contribution in [3.8, 4) is 0 Å². The highest BCUT2D eigenvalue weighted by molar-refractivity contribution is 8.13. The number of rotatable bonds is 2. The maximum absolute atomic E-state index is 10.6. The van der Waals surface area contributed by atoms with Crippen LogP contribution in [0, 0.1) is 0 Å². The van der Waals surface area contributed by atoms with Crippen LogP contribution in [0.2, 0.25) is 0 Å². The highest BCUT2D eigenvalue weighted by Gasteiger charge is 2.15. The Bertz CT molecular complexity index is 407. The second kappa shape index (κ2) is 2.80. The summed E-state index contributed by atoms with van der Waals surface area (Å²) in [6, 6.07) is 0.963. The Morgan fingerprint density at radius 2 is 2.17 bits per heavy atom. The second-order valence-corrected chi connectivity index (χ2v) is 4.51. The van der Waals surface area contributed by atoms with Gasteiger partial charge in [-0.05, 0) is 0 Å². The number of furan rings is 1. The van der Waals surface area contributed by atoms with E-state index < -0.39 is 15.0 Å². The first-order valence-electron chi connectivity index (χ1n) is 2.74. The number of amides is 1. The molecule has 1 aromatic heterocycles. The first-order chi connectivity index (χ1) is 5.41. The average Bonchev–Trinajstić information content (AvgIpc) is 2.30. The molecule has 2 N–H and O–H groups in total. The summed E-state index contributed by atoms with van der Waals surface area (Å²) in [5.74, 6) is -1.09. The lowest BCUT2D eigenvalue weighted by Gasteiger charge is -1.83. The molecule has 0 aliphatic rings. The summed E-state index contributed by atoms with van der Waals surface area (Å²) < 4.78 is 25.8. The molecule has 0 fully saturated rings. The SMILES string of the molecule is NC(=O)c1cc(S(=O)(=O)Cl)co1. The highest BCUT2D eigenvalue weighted by Crippen LogP contribution is 2.17. The van der Waals surface area contributed by atoms with Gasteiger partial charge < -0.3 is 10.2 Å². The lowest BCUT2D eigenvalue weighted by molar-refractivity contribution is 0.0974. The molecule has 5 nitrogen and oxygen atoms in total. The zero-order valence-corrected chi connectivity index (χ0v) is 7.22. The number of hydrogen-bond acceptors (Lipinski definition) is 4. The first-order valence-corrected chi connectivity index (χ1v) is 5.05. The smallest absolute Gasteiger partial charge is 0.284 e. The minimum atomic E-state index is -3.84. The van der Waals surface area contributed by atoms with E-state index >= 15 is 0 Å². The van der Waals surface area contributed by atoms with Crippen LogP contribution in [-0.4, -0.2) is 14.3 Å². The lowest BCUT2D eigenvalue weighted by atomic mass is 10.4. The Labute approximate surface area is 72.5 Å². The van der Waals surface area contributed by atoms with Gasteiger partial charge in [-0.1, -0.05) is 0 Å². The summed E-state index contributed by atoms with van der Waals surface area (Å²) >= 11 is 0. The molecule has 7 heteroatoms. The zero-order chi connectivity index (χ0) is 9.35. The van der Waals surface area contributed by atoms with Crippen molar-refractivity contribution in [2.24, 2.45) is 5.73 Å². The Balaban J connectivity index is 3.17. The van der Waals surface area contributed by atoms with Crippen LogP contribution in [0.3, 0.4) is 0 Å². The number of carbonyl (C=O) groups is 1. The van der Waals surface area contributed by atoms with Gasteiger partial charge >= 0.3 is 0 Å². The van der Waals surface area contributed by atoms with Gasteiger partial charge in [0.05, 0.1) is 0 Å². The summed E-state index contributed by atoms with van der Waals surface area (Å²) in [4.78, 5) is 10.2. The number of halogens is 1. The molecule has 0 atom stereocenters. The van der Waals surface area contributed by atoms with Crippen molar-refractivity contribution < 1.29 is 17.6 Å². The van der Waals surface area contributed by atoms with Crippen molar-refractivity contribution in [1.82, 2.24) is 0 Å². The van der Waals surface area contributed by atoms with Crippen molar-refractivity contribution in [3.05, 3.63) is 18.1 Å². The van der Waals surface area contributed by atoms with Gasteiger partial charge in [0.25, 0.3) is 15.0 Å². The summed E-state index contributed by atoms with van der Waals surface area (Å²) in [7, 11) is 1.09. The summed E-state index contributed by atoms with van der Waals surface area (Å²) in [6.07, 6.45) is 0.850. The first kappa shape index (κ1) is 9.08. The van der Waals surface area contributed by atoms with Crippen molar-refractivity contribution in [1.29, 1.82) is 0 Å². The van der Waals surface area contributed by atoms with Crippen LogP contribution in [-0.2, 0) is 9.05 Å². The third kappa shape index (κ3) is 1.77. The van der Waals surface area contributed by atoms with Crippen LogP contribution in [0.15, 0.2) is 21.6 Å². The van der Waals surface area contributed by atoms with Gasteiger partial charge in [0.15, 0.2) is 5.76 Å². The van der Waals surface area contributed by atoms with E-state index in [1.807, 2.05) is 0 Å². The Hall–Kier alpha value is -1.01. The molecule has 0 unspecified atom stereocenters. The second-order valence-electron chi connectivity index (χ2n) is 1.95. The van der Waals surface area contributed by atoms with Crippen LogP contribution >= 0.6 is 10.7 Å². The Morgan fingerprint density at radius 3 is 2.42 bits per heavy atom. The fraction of sp³-hybridized carbons (Fsp3) is 0. The summed E-state index contributed by atoms with van der Waals surface area (Å²) in [6.45, 7) is 0. The largest absolute Gasteiger partial charge is 0.458 e. The van der Waals surface area contributed by atoms with Gasteiger partial charge in [0, 0.05) is 16.7 Å². The van der Waals surface area contributed by atoms with Crippen LogP contribution < -0.4 is 5.73 Å². The van der Waals surface area contributed by atoms with Gasteiger partial charge in [0.2, 0.25) is 0 Å². The monoisotopic (exact) mass is 209 g/mol. The minimum absolute atomic E-state index is 0.241. The van der Waals surface area contributed by atoms with E-state index in [2.05, 4.69) is 4.42 Å². The minimum Gasteiger partial charge on any atom is -0.458 e. The van der Waals surface area contributed by atoms with E-state index in [1.165, 1.54) is 0 Å². The number of hydrogen-bond donors (Lipinski definition) is 1. The molecular weight excluding hydrogens is 206 g/mol. The normalized spacial score (nSPS) is 11.4. The standard InChI is InChI=1S/C5H4ClNO4S/c6-12(9,10)3-1-4(5(7)8)11-2-3/h1-2H,(H2,7,8). The highest BCUT2D eigenvalue weighted by atomic mass is 35.7. The van der Waals surface area contributed by atoms with Gasteiger partial charge in [-0.3, -0.25) is 4.79 Å². The van der Waals surface area contributed by atoms with Gasteiger partial charge in [-0.15, -0.1) is 0 Å². The van der Waals surface area contributed by atoms with E-state index in [-0.39, 0.29) is 10.7 Å². The summed E-state index contributed by atoms with van der Waals surface area (Å²) in [5, 5.41) is 0. The van der Waals surface area contributed by atoms with Crippen LogP contribution in [0.5, 0.6) is 0 Å². The van der Waals surface area contributed by atoms with Crippen LogP contribution in [0.4, 0.5) is 0 Å². The number of primary amides is 1. The molecule has 0 bridgehead atoms. The molecule has 66 valence electrons. The Kier molecular flexibility index (Phi) is 2.12. The molecule has 1 amide bonds. The van der Waals surface area contributed by atoms with Gasteiger partial charge in [-0.25, -0.2) is 8.42 Å². The molecule has 0 radical (unpaired) electrons. The quantitative estimate of drug-likeness (QED) is 0.710. The van der Waals surface area contributed by atoms with E-state index in [4.69, 9.17) is 16.4 Å². The Morgan fingerprint density at radius 1 is 1.58 bits per heavy atom. The third-order valence-electron chi connectivity index (χ3n) is 1.10. The predicted molar refractivity (Wildman–Crippen MR) is 40.3 cm³/mol. The maximum atomic E-state index is 10.6. The average molecular weight is 210 g/mol. The van der Waals surface area contributed by atoms with Crippen molar-refractivity contribution in [2.45, 2.75) is 4.90 Å². The topological polar surface area (TPSA) is 90.4 Å². The predicted octanol–water partition coefficient (Wildman–Crippen LogP) is 0.306.